The molecule has 0 saturated carbocycles. The topological polar surface area (TPSA) is 85.2 Å². The van der Waals surface area contributed by atoms with Gasteiger partial charge in [0.15, 0.2) is 5.78 Å². The van der Waals surface area contributed by atoms with Gasteiger partial charge in [-0.1, -0.05) is 29.8 Å². The lowest BCUT2D eigenvalue weighted by Gasteiger charge is -2.34. The van der Waals surface area contributed by atoms with Crippen molar-refractivity contribution in [3.05, 3.63) is 82.1 Å². The lowest BCUT2D eigenvalue weighted by Crippen LogP contribution is -2.32. The van der Waals surface area contributed by atoms with Gasteiger partial charge in [0.2, 0.25) is 0 Å². The Kier molecular flexibility index (Phi) is 5.19. The number of ether oxygens (including phenoxy) is 1. The van der Waals surface area contributed by atoms with Crippen molar-refractivity contribution in [1.82, 2.24) is 9.78 Å². The molecule has 32 heavy (non-hydrogen) atoms. The average Bonchev–Trinajstić information content (AvgIpc) is 3.23. The lowest BCUT2D eigenvalue weighted by atomic mass is 9.85. The number of rotatable bonds is 4. The summed E-state index contributed by atoms with van der Waals surface area (Å²) in [6.45, 7) is 0. The third-order valence-corrected chi connectivity index (χ3v) is 6.07. The van der Waals surface area contributed by atoms with Gasteiger partial charge in [-0.25, -0.2) is 4.68 Å². The van der Waals surface area contributed by atoms with E-state index in [2.05, 4.69) is 15.7 Å². The molecule has 3 aromatic rings. The lowest BCUT2D eigenvalue weighted by molar-refractivity contribution is -0.116. The first-order valence-corrected chi connectivity index (χ1v) is 10.7. The zero-order chi connectivity index (χ0) is 22.2. The zero-order valence-corrected chi connectivity index (χ0v) is 18.1. The second-order valence-electron chi connectivity index (χ2n) is 7.75. The molecule has 1 atom stereocenters. The van der Waals surface area contributed by atoms with Gasteiger partial charge >= 0.3 is 0 Å². The van der Waals surface area contributed by atoms with Gasteiger partial charge in [0.05, 0.1) is 13.3 Å². The number of ketones is 1. The number of carbonyl (C=O) groups is 2. The van der Waals surface area contributed by atoms with Crippen LogP contribution in [0.25, 0.3) is 0 Å². The van der Waals surface area contributed by atoms with Gasteiger partial charge in [0, 0.05) is 34.0 Å². The number of hydrogen-bond donors (Lipinski definition) is 2. The second kappa shape index (κ2) is 8.16. The summed E-state index contributed by atoms with van der Waals surface area (Å²) < 4.78 is 7.29. The van der Waals surface area contributed by atoms with Crippen molar-refractivity contribution in [3.8, 4) is 5.75 Å². The molecule has 0 saturated heterocycles. The van der Waals surface area contributed by atoms with Crippen LogP contribution in [0.2, 0.25) is 5.02 Å². The maximum absolute atomic E-state index is 13.1. The molecule has 0 spiro atoms. The molecule has 1 aliphatic heterocycles. The number of anilines is 2. The van der Waals surface area contributed by atoms with Crippen molar-refractivity contribution < 1.29 is 14.3 Å². The number of fused-ring (bicyclic) bond motifs is 1. The van der Waals surface area contributed by atoms with Crippen molar-refractivity contribution >= 4 is 34.8 Å². The molecule has 1 aromatic heterocycles. The zero-order valence-electron chi connectivity index (χ0n) is 17.4. The summed E-state index contributed by atoms with van der Waals surface area (Å²) in [5.74, 6) is 1.01. The number of Topliss-reactive ketones (excluding diaryl/α,β-unsaturated/α-hetero) is 1. The Labute approximate surface area is 190 Å². The number of hydrogen-bond acceptors (Lipinski definition) is 5. The van der Waals surface area contributed by atoms with E-state index in [0.717, 1.165) is 24.1 Å². The number of para-hydroxylation sites is 1. The van der Waals surface area contributed by atoms with Crippen molar-refractivity contribution in [3.63, 3.8) is 0 Å². The van der Waals surface area contributed by atoms with E-state index in [1.165, 1.54) is 6.20 Å². The van der Waals surface area contributed by atoms with E-state index in [1.807, 2.05) is 24.3 Å². The van der Waals surface area contributed by atoms with Crippen LogP contribution < -0.4 is 15.4 Å². The van der Waals surface area contributed by atoms with Crippen molar-refractivity contribution in [1.29, 1.82) is 0 Å². The Morgan fingerprint density at radius 3 is 2.75 bits per heavy atom. The van der Waals surface area contributed by atoms with Gasteiger partial charge in [0.25, 0.3) is 5.91 Å². The van der Waals surface area contributed by atoms with Crippen LogP contribution in [0, 0.1) is 0 Å². The van der Waals surface area contributed by atoms with Gasteiger partial charge < -0.3 is 15.4 Å². The van der Waals surface area contributed by atoms with E-state index >= 15 is 0 Å². The Bertz CT molecular complexity index is 1250. The van der Waals surface area contributed by atoms with E-state index in [0.29, 0.717) is 39.8 Å². The summed E-state index contributed by atoms with van der Waals surface area (Å²) in [5, 5.41) is 11.3. The highest BCUT2D eigenvalue weighted by molar-refractivity contribution is 6.30. The first-order chi connectivity index (χ1) is 15.6. The fourth-order valence-corrected chi connectivity index (χ4v) is 4.46. The monoisotopic (exact) mass is 448 g/mol. The number of halogens is 1. The largest absolute Gasteiger partial charge is 0.496 e. The predicted molar refractivity (Wildman–Crippen MR) is 122 cm³/mol. The highest BCUT2D eigenvalue weighted by Gasteiger charge is 2.38. The Balaban J connectivity index is 1.59. The summed E-state index contributed by atoms with van der Waals surface area (Å²) in [6, 6.07) is 14.0. The van der Waals surface area contributed by atoms with Crippen molar-refractivity contribution in [2.45, 2.75) is 25.3 Å². The second-order valence-corrected chi connectivity index (χ2v) is 8.19. The standard InChI is InChI=1S/C24H21ClN4O3/c1-32-20-8-3-2-5-16(20)22-21-18(6-4-7-19(21)30)28-23-17(13-26-29(22)23)24(31)27-15-11-9-14(25)10-12-15/h2-3,5,8-13,22,28H,4,6-7H2,1H3,(H,27,31)/t22-/m0/s1. The maximum Gasteiger partial charge on any atom is 0.261 e. The highest BCUT2D eigenvalue weighted by atomic mass is 35.5. The Hall–Kier alpha value is -3.58. The molecular weight excluding hydrogens is 428 g/mol. The third-order valence-electron chi connectivity index (χ3n) is 5.82. The van der Waals surface area contributed by atoms with Gasteiger partial charge in [-0.2, -0.15) is 5.10 Å². The molecule has 0 radical (unpaired) electrons. The van der Waals surface area contributed by atoms with Crippen LogP contribution in [0.4, 0.5) is 11.5 Å². The predicted octanol–water partition coefficient (Wildman–Crippen LogP) is 4.82. The maximum atomic E-state index is 13.1. The first kappa shape index (κ1) is 20.3. The first-order valence-electron chi connectivity index (χ1n) is 10.4. The van der Waals surface area contributed by atoms with Gasteiger partial charge in [0.1, 0.15) is 23.2 Å². The van der Waals surface area contributed by atoms with E-state index in [4.69, 9.17) is 16.3 Å². The number of amides is 1. The molecule has 8 heteroatoms. The average molecular weight is 449 g/mol. The molecule has 2 N–H and O–H groups in total. The van der Waals surface area contributed by atoms with Gasteiger partial charge in [-0.15, -0.1) is 0 Å². The molecule has 162 valence electrons. The molecule has 0 bridgehead atoms. The number of nitrogens with one attached hydrogen (secondary N) is 2. The fourth-order valence-electron chi connectivity index (χ4n) is 4.34. The Morgan fingerprint density at radius 1 is 1.19 bits per heavy atom. The highest BCUT2D eigenvalue weighted by Crippen LogP contribution is 2.43. The van der Waals surface area contributed by atoms with Crippen molar-refractivity contribution in [2.24, 2.45) is 0 Å². The molecule has 2 aliphatic rings. The van der Waals surface area contributed by atoms with E-state index < -0.39 is 6.04 Å². The molecule has 1 aliphatic carbocycles. The molecule has 2 heterocycles. The van der Waals surface area contributed by atoms with Gasteiger partial charge in [-0.3, -0.25) is 9.59 Å². The molecule has 0 unspecified atom stereocenters. The molecule has 7 nitrogen and oxygen atoms in total. The quantitative estimate of drug-likeness (QED) is 0.597. The summed E-state index contributed by atoms with van der Waals surface area (Å²) in [7, 11) is 1.60. The van der Waals surface area contributed by atoms with Crippen LogP contribution in [-0.4, -0.2) is 28.6 Å². The van der Waals surface area contributed by atoms with Crippen LogP contribution in [0.15, 0.2) is 66.0 Å². The smallest absolute Gasteiger partial charge is 0.261 e. The van der Waals surface area contributed by atoms with Crippen LogP contribution in [0.3, 0.4) is 0 Å². The molecule has 2 aromatic carbocycles. The number of aromatic nitrogens is 2. The van der Waals surface area contributed by atoms with Crippen LogP contribution >= 0.6 is 11.6 Å². The number of allylic oxidation sites excluding steroid dienone is 2. The number of carbonyl (C=O) groups excluding carboxylic acids is 2. The molecular formula is C24H21ClN4O3. The minimum absolute atomic E-state index is 0.0861. The van der Waals surface area contributed by atoms with E-state index in [1.54, 1.807) is 36.1 Å². The summed E-state index contributed by atoms with van der Waals surface area (Å²) in [6.07, 6.45) is 3.52. The number of benzene rings is 2. The normalized spacial score (nSPS) is 17.3. The minimum atomic E-state index is -0.470. The fraction of sp³-hybridized carbons (Fsp3) is 0.208. The summed E-state index contributed by atoms with van der Waals surface area (Å²) in [4.78, 5) is 26.0. The summed E-state index contributed by atoms with van der Waals surface area (Å²) in [5.41, 5.74) is 3.37. The van der Waals surface area contributed by atoms with Crippen LogP contribution in [-0.2, 0) is 4.79 Å². The van der Waals surface area contributed by atoms with Gasteiger partial charge in [-0.05, 0) is 43.2 Å². The SMILES string of the molecule is COc1ccccc1[C@H]1C2=C(CCCC2=O)Nc2c(C(=O)Nc3ccc(Cl)cc3)cnn21. The van der Waals surface area contributed by atoms with Crippen LogP contribution in [0.1, 0.15) is 41.2 Å². The molecule has 0 fully saturated rings. The minimum Gasteiger partial charge on any atom is -0.496 e. The third kappa shape index (κ3) is 3.44. The number of nitrogens with zero attached hydrogens (tertiary/aromatic N) is 2. The summed E-state index contributed by atoms with van der Waals surface area (Å²) >= 11 is 5.94. The van der Waals surface area contributed by atoms with E-state index in [9.17, 15) is 9.59 Å². The Morgan fingerprint density at radius 2 is 1.97 bits per heavy atom. The van der Waals surface area contributed by atoms with Crippen molar-refractivity contribution in [2.75, 3.05) is 17.7 Å². The molecule has 1 amide bonds. The van der Waals surface area contributed by atoms with E-state index in [-0.39, 0.29) is 11.7 Å². The molecule has 5 rings (SSSR count). The van der Waals surface area contributed by atoms with Crippen LogP contribution in [0.5, 0.6) is 5.75 Å². The number of methoxy groups -OCH3 is 1.